The molecular weight excluding hydrogens is 252 g/mol. The van der Waals surface area contributed by atoms with Crippen molar-refractivity contribution in [1.82, 2.24) is 4.90 Å². The fourth-order valence-electron chi connectivity index (χ4n) is 2.38. The molecule has 0 aliphatic carbocycles. The van der Waals surface area contributed by atoms with Crippen LogP contribution < -0.4 is 4.90 Å². The van der Waals surface area contributed by atoms with E-state index in [1.54, 1.807) is 18.7 Å². The first-order chi connectivity index (χ1) is 9.24. The van der Waals surface area contributed by atoms with Crippen LogP contribution >= 0.6 is 0 Å². The van der Waals surface area contributed by atoms with Gasteiger partial charge in [0.05, 0.1) is 12.1 Å². The molecule has 0 fully saturated rings. The van der Waals surface area contributed by atoms with Crippen molar-refractivity contribution < 1.29 is 9.90 Å². The molecule has 4 nitrogen and oxygen atoms in total. The molecule has 1 amide bonds. The Bertz CT molecular complexity index is 452. The summed E-state index contributed by atoms with van der Waals surface area (Å²) in [5.74, 6) is 0.0496. The number of anilines is 1. The van der Waals surface area contributed by atoms with E-state index in [4.69, 9.17) is 0 Å². The van der Waals surface area contributed by atoms with Crippen molar-refractivity contribution in [2.45, 2.75) is 33.3 Å². The molecular formula is C16H26N2O2. The fraction of sp³-hybridized carbons (Fsp3) is 0.562. The lowest BCUT2D eigenvalue weighted by Crippen LogP contribution is -2.44. The van der Waals surface area contributed by atoms with E-state index in [9.17, 15) is 9.90 Å². The Morgan fingerprint density at radius 3 is 2.40 bits per heavy atom. The maximum Gasteiger partial charge on any atom is 0.241 e. The van der Waals surface area contributed by atoms with E-state index in [0.717, 1.165) is 11.3 Å². The van der Waals surface area contributed by atoms with E-state index < -0.39 is 5.60 Å². The number of benzene rings is 1. The van der Waals surface area contributed by atoms with Crippen molar-refractivity contribution in [1.29, 1.82) is 0 Å². The molecule has 0 saturated carbocycles. The number of rotatable bonds is 6. The summed E-state index contributed by atoms with van der Waals surface area (Å²) in [6.45, 7) is 8.86. The van der Waals surface area contributed by atoms with Crippen LogP contribution in [0.3, 0.4) is 0 Å². The van der Waals surface area contributed by atoms with E-state index in [2.05, 4.69) is 0 Å². The second-order valence-electron chi connectivity index (χ2n) is 5.91. The topological polar surface area (TPSA) is 43.8 Å². The summed E-state index contributed by atoms with van der Waals surface area (Å²) in [7, 11) is 1.85. The Labute approximate surface area is 122 Å². The minimum absolute atomic E-state index is 0.0496. The number of para-hydroxylation sites is 1. The molecule has 112 valence electrons. The number of likely N-dealkylation sites (N-methyl/N-ethyl adjacent to an activating group) is 2. The van der Waals surface area contributed by atoms with Crippen LogP contribution in [0.1, 0.15) is 26.3 Å². The molecule has 0 saturated heterocycles. The van der Waals surface area contributed by atoms with Crippen molar-refractivity contribution in [3.05, 3.63) is 29.8 Å². The zero-order valence-electron chi connectivity index (χ0n) is 13.2. The Balaban J connectivity index is 2.76. The molecule has 1 aromatic rings. The summed E-state index contributed by atoms with van der Waals surface area (Å²) in [5, 5.41) is 9.79. The van der Waals surface area contributed by atoms with E-state index >= 15 is 0 Å². The Kier molecular flexibility index (Phi) is 5.72. The third-order valence-electron chi connectivity index (χ3n) is 3.09. The molecule has 0 spiro atoms. The van der Waals surface area contributed by atoms with E-state index in [0.29, 0.717) is 19.6 Å². The second-order valence-corrected chi connectivity index (χ2v) is 5.91. The summed E-state index contributed by atoms with van der Waals surface area (Å²) in [5.41, 5.74) is 1.25. The van der Waals surface area contributed by atoms with Crippen molar-refractivity contribution in [3.8, 4) is 0 Å². The van der Waals surface area contributed by atoms with Crippen molar-refractivity contribution in [2.24, 2.45) is 0 Å². The molecule has 4 heteroatoms. The van der Waals surface area contributed by atoms with Crippen LogP contribution in [0.4, 0.5) is 5.69 Å². The normalized spacial score (nSPS) is 11.8. The molecule has 1 N–H and O–H groups in total. The van der Waals surface area contributed by atoms with Gasteiger partial charge in [-0.15, -0.1) is 0 Å². The van der Waals surface area contributed by atoms with E-state index in [-0.39, 0.29) is 5.91 Å². The minimum Gasteiger partial charge on any atom is -0.389 e. The molecule has 0 unspecified atom stereocenters. The monoisotopic (exact) mass is 278 g/mol. The lowest BCUT2D eigenvalue weighted by molar-refractivity contribution is -0.119. The summed E-state index contributed by atoms with van der Waals surface area (Å²) in [6.07, 6.45) is 0. The predicted octanol–water partition coefficient (Wildman–Crippen LogP) is 2.05. The smallest absolute Gasteiger partial charge is 0.241 e. The van der Waals surface area contributed by atoms with Crippen molar-refractivity contribution in [2.75, 3.05) is 31.6 Å². The maximum absolute atomic E-state index is 12.4. The SMILES string of the molecule is CCN(C(=O)CN(C)CC(C)(C)O)c1ccccc1C. The van der Waals surface area contributed by atoms with Crippen LogP contribution in [0.25, 0.3) is 0 Å². The van der Waals surface area contributed by atoms with E-state index in [1.807, 2.05) is 50.1 Å². The highest BCUT2D eigenvalue weighted by Crippen LogP contribution is 2.19. The molecule has 0 aliphatic heterocycles. The van der Waals surface area contributed by atoms with Gasteiger partial charge in [0, 0.05) is 18.8 Å². The number of aryl methyl sites for hydroxylation is 1. The standard InChI is InChI=1S/C16H26N2O2/c1-6-18(14-10-8-7-9-13(14)2)15(19)11-17(5)12-16(3,4)20/h7-10,20H,6,11-12H2,1-5H3. The number of hydrogen-bond acceptors (Lipinski definition) is 3. The number of aliphatic hydroxyl groups is 1. The zero-order valence-corrected chi connectivity index (χ0v) is 13.2. The van der Waals surface area contributed by atoms with Gasteiger partial charge in [0.1, 0.15) is 0 Å². The molecule has 0 aliphatic rings. The molecule has 0 atom stereocenters. The van der Waals surface area contributed by atoms with Gasteiger partial charge in [0.25, 0.3) is 0 Å². The molecule has 0 bridgehead atoms. The van der Waals surface area contributed by atoms with Gasteiger partial charge in [0.15, 0.2) is 0 Å². The van der Waals surface area contributed by atoms with Crippen molar-refractivity contribution in [3.63, 3.8) is 0 Å². The molecule has 0 heterocycles. The second kappa shape index (κ2) is 6.86. The quantitative estimate of drug-likeness (QED) is 0.866. The predicted molar refractivity (Wildman–Crippen MR) is 83.0 cm³/mol. The lowest BCUT2D eigenvalue weighted by atomic mass is 10.1. The molecule has 20 heavy (non-hydrogen) atoms. The number of nitrogens with zero attached hydrogens (tertiary/aromatic N) is 2. The zero-order chi connectivity index (χ0) is 15.3. The average Bonchev–Trinajstić information content (AvgIpc) is 2.29. The summed E-state index contributed by atoms with van der Waals surface area (Å²) < 4.78 is 0. The highest BCUT2D eigenvalue weighted by Gasteiger charge is 2.21. The first-order valence-electron chi connectivity index (χ1n) is 7.01. The third kappa shape index (κ3) is 4.94. The highest BCUT2D eigenvalue weighted by molar-refractivity contribution is 5.95. The molecule has 1 aromatic carbocycles. The summed E-state index contributed by atoms with van der Waals surface area (Å²) in [4.78, 5) is 16.1. The molecule has 0 radical (unpaired) electrons. The van der Waals surface area contributed by atoms with Crippen molar-refractivity contribution >= 4 is 11.6 Å². The Hall–Kier alpha value is -1.39. The number of hydrogen-bond donors (Lipinski definition) is 1. The number of amides is 1. The third-order valence-corrected chi connectivity index (χ3v) is 3.09. The van der Waals surface area contributed by atoms with Gasteiger partial charge in [-0.1, -0.05) is 18.2 Å². The molecule has 1 rings (SSSR count). The van der Waals surface area contributed by atoms with Gasteiger partial charge in [-0.3, -0.25) is 9.69 Å². The summed E-state index contributed by atoms with van der Waals surface area (Å²) in [6, 6.07) is 7.88. The largest absolute Gasteiger partial charge is 0.389 e. The first kappa shape index (κ1) is 16.7. The van der Waals surface area contributed by atoms with Gasteiger partial charge in [-0.2, -0.15) is 0 Å². The average molecular weight is 278 g/mol. The van der Waals surface area contributed by atoms with Crippen LogP contribution in [0.2, 0.25) is 0 Å². The number of carbonyl (C=O) groups is 1. The molecule has 0 aromatic heterocycles. The van der Waals surface area contributed by atoms with Crippen LogP contribution in [0, 0.1) is 6.92 Å². The van der Waals surface area contributed by atoms with Crippen LogP contribution in [0.5, 0.6) is 0 Å². The highest BCUT2D eigenvalue weighted by atomic mass is 16.3. The van der Waals surface area contributed by atoms with E-state index in [1.165, 1.54) is 0 Å². The van der Waals surface area contributed by atoms with Gasteiger partial charge in [-0.05, 0) is 46.4 Å². The first-order valence-corrected chi connectivity index (χ1v) is 7.01. The van der Waals surface area contributed by atoms with Gasteiger partial charge in [-0.25, -0.2) is 0 Å². The van der Waals surface area contributed by atoms with Gasteiger partial charge in [0.2, 0.25) is 5.91 Å². The van der Waals surface area contributed by atoms with Gasteiger partial charge >= 0.3 is 0 Å². The van der Waals surface area contributed by atoms with Crippen LogP contribution in [-0.2, 0) is 4.79 Å². The Morgan fingerprint density at radius 1 is 1.30 bits per heavy atom. The summed E-state index contributed by atoms with van der Waals surface area (Å²) >= 11 is 0. The van der Waals surface area contributed by atoms with Crippen LogP contribution in [0.15, 0.2) is 24.3 Å². The number of carbonyl (C=O) groups excluding carboxylic acids is 1. The van der Waals surface area contributed by atoms with Gasteiger partial charge < -0.3 is 10.0 Å². The maximum atomic E-state index is 12.4. The minimum atomic E-state index is -0.797. The lowest BCUT2D eigenvalue weighted by Gasteiger charge is -2.28. The Morgan fingerprint density at radius 2 is 1.90 bits per heavy atom. The van der Waals surface area contributed by atoms with Crippen LogP contribution in [-0.4, -0.2) is 48.2 Å². The fourth-order valence-corrected chi connectivity index (χ4v) is 2.38.